The third kappa shape index (κ3) is 3.06. The molecule has 0 aliphatic carbocycles. The van der Waals surface area contributed by atoms with Crippen LogP contribution in [0.3, 0.4) is 0 Å². The molecule has 0 saturated heterocycles. The third-order valence-electron chi connectivity index (χ3n) is 1.68. The summed E-state index contributed by atoms with van der Waals surface area (Å²) < 4.78 is 5.01. The van der Waals surface area contributed by atoms with Crippen molar-refractivity contribution in [1.29, 1.82) is 0 Å². The van der Waals surface area contributed by atoms with Crippen LogP contribution in [0, 0.1) is 6.92 Å². The lowest BCUT2D eigenvalue weighted by molar-refractivity contribution is 0.0957. The number of rotatable bonds is 4. The van der Waals surface area contributed by atoms with E-state index in [2.05, 4.69) is 5.32 Å². The highest BCUT2D eigenvalue weighted by Gasteiger charge is 2.06. The lowest BCUT2D eigenvalue weighted by Gasteiger charge is -1.97. The highest BCUT2D eigenvalue weighted by molar-refractivity contribution is 5.94. The Morgan fingerprint density at radius 2 is 2.43 bits per heavy atom. The summed E-state index contributed by atoms with van der Waals surface area (Å²) in [5.74, 6) is 0.594. The maximum absolute atomic E-state index is 11.4. The summed E-state index contributed by atoms with van der Waals surface area (Å²) in [5.41, 5.74) is 5.79. The first-order chi connectivity index (χ1) is 6.74. The van der Waals surface area contributed by atoms with Crippen LogP contribution in [0.15, 0.2) is 28.9 Å². The number of furan rings is 1. The minimum absolute atomic E-state index is 0.136. The van der Waals surface area contributed by atoms with Crippen LogP contribution in [0.4, 0.5) is 0 Å². The van der Waals surface area contributed by atoms with Crippen LogP contribution in [0.25, 0.3) is 0 Å². The van der Waals surface area contributed by atoms with E-state index >= 15 is 0 Å². The lowest BCUT2D eigenvalue weighted by atomic mass is 10.3. The van der Waals surface area contributed by atoms with Gasteiger partial charge in [0, 0.05) is 13.1 Å². The molecule has 14 heavy (non-hydrogen) atoms. The topological polar surface area (TPSA) is 68.3 Å². The first-order valence-corrected chi connectivity index (χ1v) is 4.42. The van der Waals surface area contributed by atoms with E-state index in [4.69, 9.17) is 10.2 Å². The largest absolute Gasteiger partial charge is 0.469 e. The van der Waals surface area contributed by atoms with E-state index in [1.807, 2.05) is 6.08 Å². The fourth-order valence-electron chi connectivity index (χ4n) is 0.996. The molecule has 1 rings (SSSR count). The van der Waals surface area contributed by atoms with E-state index < -0.39 is 0 Å². The fourth-order valence-corrected chi connectivity index (χ4v) is 0.996. The molecule has 0 aromatic carbocycles. The highest BCUT2D eigenvalue weighted by Crippen LogP contribution is 2.05. The van der Waals surface area contributed by atoms with Crippen molar-refractivity contribution >= 4 is 5.91 Å². The molecule has 4 nitrogen and oxygen atoms in total. The Kier molecular flexibility index (Phi) is 3.94. The minimum atomic E-state index is -0.136. The number of nitrogens with one attached hydrogen (secondary N) is 1. The Labute approximate surface area is 82.8 Å². The zero-order valence-electron chi connectivity index (χ0n) is 8.12. The predicted octanol–water partition coefficient (Wildman–Crippen LogP) is 0.833. The molecule has 0 unspecified atom stereocenters. The van der Waals surface area contributed by atoms with E-state index in [0.29, 0.717) is 18.7 Å². The second kappa shape index (κ2) is 5.24. The van der Waals surface area contributed by atoms with Crippen LogP contribution in [0.1, 0.15) is 16.1 Å². The van der Waals surface area contributed by atoms with Gasteiger partial charge in [0.15, 0.2) is 0 Å². The second-order valence-electron chi connectivity index (χ2n) is 2.86. The number of carbonyl (C=O) groups excluding carboxylic acids is 1. The summed E-state index contributed by atoms with van der Waals surface area (Å²) in [5, 5.41) is 2.71. The Hall–Kier alpha value is -1.55. The summed E-state index contributed by atoms with van der Waals surface area (Å²) >= 11 is 0. The highest BCUT2D eigenvalue weighted by atomic mass is 16.3. The number of amides is 1. The lowest BCUT2D eigenvalue weighted by Crippen LogP contribution is -2.22. The molecule has 0 fully saturated rings. The molecule has 0 saturated carbocycles. The van der Waals surface area contributed by atoms with Crippen LogP contribution in [0.2, 0.25) is 0 Å². The molecule has 0 aliphatic heterocycles. The summed E-state index contributed by atoms with van der Waals surface area (Å²) in [6.45, 7) is 2.77. The van der Waals surface area contributed by atoms with Crippen molar-refractivity contribution in [3.05, 3.63) is 35.8 Å². The standard InChI is InChI=1S/C10H14N2O2/c1-8-6-9(7-14-8)10(13)12-5-3-2-4-11/h2-3,6-7H,4-5,11H2,1H3,(H,12,13)/b3-2+. The molecule has 1 aromatic rings. The predicted molar refractivity (Wildman–Crippen MR) is 54.0 cm³/mol. The van der Waals surface area contributed by atoms with E-state index in [-0.39, 0.29) is 5.91 Å². The number of carbonyl (C=O) groups is 1. The smallest absolute Gasteiger partial charge is 0.254 e. The van der Waals surface area contributed by atoms with Gasteiger partial charge < -0.3 is 15.5 Å². The van der Waals surface area contributed by atoms with E-state index in [0.717, 1.165) is 5.76 Å². The maximum Gasteiger partial charge on any atom is 0.254 e. The molecular weight excluding hydrogens is 180 g/mol. The first kappa shape index (κ1) is 10.5. The second-order valence-corrected chi connectivity index (χ2v) is 2.86. The molecule has 1 aromatic heterocycles. The summed E-state index contributed by atoms with van der Waals surface area (Å²) in [6, 6.07) is 1.70. The summed E-state index contributed by atoms with van der Waals surface area (Å²) in [4.78, 5) is 11.4. The Bertz CT molecular complexity index is 329. The van der Waals surface area contributed by atoms with E-state index in [1.54, 1.807) is 19.1 Å². The van der Waals surface area contributed by atoms with Gasteiger partial charge in [-0.25, -0.2) is 0 Å². The summed E-state index contributed by atoms with van der Waals surface area (Å²) in [6.07, 6.45) is 5.04. The van der Waals surface area contributed by atoms with Crippen LogP contribution in [0.5, 0.6) is 0 Å². The van der Waals surface area contributed by atoms with Gasteiger partial charge in [-0.05, 0) is 13.0 Å². The molecule has 0 radical (unpaired) electrons. The van der Waals surface area contributed by atoms with Crippen molar-refractivity contribution in [2.24, 2.45) is 5.73 Å². The third-order valence-corrected chi connectivity index (χ3v) is 1.68. The van der Waals surface area contributed by atoms with Crippen LogP contribution in [-0.2, 0) is 0 Å². The van der Waals surface area contributed by atoms with Crippen molar-refractivity contribution in [2.75, 3.05) is 13.1 Å². The van der Waals surface area contributed by atoms with Gasteiger partial charge in [-0.3, -0.25) is 4.79 Å². The zero-order chi connectivity index (χ0) is 10.4. The summed E-state index contributed by atoms with van der Waals surface area (Å²) in [7, 11) is 0. The number of hydrogen-bond acceptors (Lipinski definition) is 3. The molecule has 4 heteroatoms. The van der Waals surface area contributed by atoms with Crippen molar-refractivity contribution in [3.8, 4) is 0 Å². The number of nitrogens with two attached hydrogens (primary N) is 1. The van der Waals surface area contributed by atoms with Crippen molar-refractivity contribution < 1.29 is 9.21 Å². The molecule has 3 N–H and O–H groups in total. The molecule has 0 bridgehead atoms. The normalized spacial score (nSPS) is 10.7. The van der Waals surface area contributed by atoms with Gasteiger partial charge in [0.25, 0.3) is 5.91 Å². The van der Waals surface area contributed by atoms with Gasteiger partial charge in [0.1, 0.15) is 12.0 Å². The number of aryl methyl sites for hydroxylation is 1. The molecular formula is C10H14N2O2. The molecule has 0 aliphatic rings. The Morgan fingerprint density at radius 3 is 3.00 bits per heavy atom. The van der Waals surface area contributed by atoms with E-state index in [9.17, 15) is 4.79 Å². The monoisotopic (exact) mass is 194 g/mol. The number of hydrogen-bond donors (Lipinski definition) is 2. The van der Waals surface area contributed by atoms with Crippen molar-refractivity contribution in [3.63, 3.8) is 0 Å². The van der Waals surface area contributed by atoms with Gasteiger partial charge in [0.05, 0.1) is 5.56 Å². The molecule has 0 atom stereocenters. The zero-order valence-corrected chi connectivity index (χ0v) is 8.12. The van der Waals surface area contributed by atoms with Gasteiger partial charge >= 0.3 is 0 Å². The van der Waals surface area contributed by atoms with Gasteiger partial charge in [0.2, 0.25) is 0 Å². The average Bonchev–Trinajstić information content (AvgIpc) is 2.59. The molecule has 1 heterocycles. The maximum atomic E-state index is 11.4. The van der Waals surface area contributed by atoms with Gasteiger partial charge in [-0.2, -0.15) is 0 Å². The van der Waals surface area contributed by atoms with Gasteiger partial charge in [-0.1, -0.05) is 12.2 Å². The fraction of sp³-hybridized carbons (Fsp3) is 0.300. The van der Waals surface area contributed by atoms with E-state index in [1.165, 1.54) is 6.26 Å². The Morgan fingerprint density at radius 1 is 1.64 bits per heavy atom. The SMILES string of the molecule is Cc1cc(C(=O)NC/C=C/CN)co1. The quantitative estimate of drug-likeness (QED) is 0.698. The van der Waals surface area contributed by atoms with Crippen LogP contribution >= 0.6 is 0 Å². The molecule has 1 amide bonds. The van der Waals surface area contributed by atoms with Crippen molar-refractivity contribution in [2.45, 2.75) is 6.92 Å². The first-order valence-electron chi connectivity index (χ1n) is 4.42. The van der Waals surface area contributed by atoms with Crippen molar-refractivity contribution in [1.82, 2.24) is 5.32 Å². The van der Waals surface area contributed by atoms with Gasteiger partial charge in [-0.15, -0.1) is 0 Å². The molecule has 0 spiro atoms. The minimum Gasteiger partial charge on any atom is -0.469 e. The van der Waals surface area contributed by atoms with Crippen LogP contribution < -0.4 is 11.1 Å². The average molecular weight is 194 g/mol. The van der Waals surface area contributed by atoms with Crippen LogP contribution in [-0.4, -0.2) is 19.0 Å². The molecule has 76 valence electrons. The Balaban J connectivity index is 2.39.